The second-order valence-corrected chi connectivity index (χ2v) is 3.92. The van der Waals surface area contributed by atoms with Gasteiger partial charge in [0.1, 0.15) is 6.10 Å². The molecule has 0 unspecified atom stereocenters. The first-order valence-electron chi connectivity index (χ1n) is 5.49. The minimum atomic E-state index is -0.786. The number of aromatic nitrogens is 2. The molecule has 5 nitrogen and oxygen atoms in total. The predicted octanol–water partition coefficient (Wildman–Crippen LogP) is 1.43. The van der Waals surface area contributed by atoms with Crippen molar-refractivity contribution in [2.24, 2.45) is 5.73 Å². The highest BCUT2D eigenvalue weighted by Gasteiger charge is 2.15. The Morgan fingerprint density at radius 3 is 3.00 bits per heavy atom. The first kappa shape index (κ1) is 11.8. The third-order valence-corrected chi connectivity index (χ3v) is 2.44. The van der Waals surface area contributed by atoms with Crippen molar-refractivity contribution in [3.8, 4) is 11.4 Å². The quantitative estimate of drug-likeness (QED) is 0.834. The van der Waals surface area contributed by atoms with Crippen molar-refractivity contribution in [2.75, 3.05) is 6.54 Å². The molecule has 0 aliphatic rings. The molecule has 1 aromatic carbocycles. The molecule has 0 radical (unpaired) electrons. The Bertz CT molecular complexity index is 496. The second kappa shape index (κ2) is 5.07. The molecule has 2 rings (SSSR count). The maximum atomic E-state index is 9.66. The summed E-state index contributed by atoms with van der Waals surface area (Å²) in [7, 11) is 0. The Hall–Kier alpha value is -1.72. The number of hydrogen-bond donors (Lipinski definition) is 2. The van der Waals surface area contributed by atoms with Crippen LogP contribution in [0, 0.1) is 6.92 Å². The summed E-state index contributed by atoms with van der Waals surface area (Å²) in [6.07, 6.45) is -0.374. The molecule has 3 N–H and O–H groups in total. The SMILES string of the molecule is Cc1cccc(-c2noc([C@@H](O)CCN)n2)c1. The van der Waals surface area contributed by atoms with Crippen molar-refractivity contribution < 1.29 is 9.63 Å². The van der Waals surface area contributed by atoms with E-state index < -0.39 is 6.10 Å². The summed E-state index contributed by atoms with van der Waals surface area (Å²) < 4.78 is 5.01. The minimum absolute atomic E-state index is 0.215. The van der Waals surface area contributed by atoms with Crippen LogP contribution in [0.2, 0.25) is 0 Å². The van der Waals surface area contributed by atoms with Gasteiger partial charge in [-0.3, -0.25) is 0 Å². The maximum absolute atomic E-state index is 9.66. The van der Waals surface area contributed by atoms with Crippen LogP contribution in [0.4, 0.5) is 0 Å². The fourth-order valence-corrected chi connectivity index (χ4v) is 1.55. The monoisotopic (exact) mass is 233 g/mol. The van der Waals surface area contributed by atoms with Gasteiger partial charge in [-0.25, -0.2) is 0 Å². The molecular formula is C12H15N3O2. The van der Waals surface area contributed by atoms with E-state index >= 15 is 0 Å². The number of benzene rings is 1. The zero-order chi connectivity index (χ0) is 12.3. The van der Waals surface area contributed by atoms with E-state index in [0.717, 1.165) is 11.1 Å². The Morgan fingerprint density at radius 1 is 1.47 bits per heavy atom. The van der Waals surface area contributed by atoms with Crippen LogP contribution in [-0.2, 0) is 0 Å². The normalized spacial score (nSPS) is 12.6. The summed E-state index contributed by atoms with van der Waals surface area (Å²) in [5.41, 5.74) is 7.35. The van der Waals surface area contributed by atoms with E-state index in [1.807, 2.05) is 31.2 Å². The molecule has 90 valence electrons. The number of aryl methyl sites for hydroxylation is 1. The van der Waals surface area contributed by atoms with Crippen LogP contribution in [0.5, 0.6) is 0 Å². The van der Waals surface area contributed by atoms with Crippen molar-refractivity contribution in [1.29, 1.82) is 0 Å². The third-order valence-electron chi connectivity index (χ3n) is 2.44. The van der Waals surface area contributed by atoms with Gasteiger partial charge in [-0.15, -0.1) is 0 Å². The zero-order valence-electron chi connectivity index (χ0n) is 9.63. The molecular weight excluding hydrogens is 218 g/mol. The fraction of sp³-hybridized carbons (Fsp3) is 0.333. The van der Waals surface area contributed by atoms with Gasteiger partial charge >= 0.3 is 0 Å². The highest BCUT2D eigenvalue weighted by molar-refractivity contribution is 5.55. The Labute approximate surface area is 99.3 Å². The van der Waals surface area contributed by atoms with E-state index in [-0.39, 0.29) is 5.89 Å². The van der Waals surface area contributed by atoms with Crippen LogP contribution in [-0.4, -0.2) is 21.8 Å². The summed E-state index contributed by atoms with van der Waals surface area (Å²) in [6.45, 7) is 2.37. The van der Waals surface area contributed by atoms with Gasteiger partial charge in [-0.05, 0) is 26.0 Å². The zero-order valence-corrected chi connectivity index (χ0v) is 9.63. The standard InChI is InChI=1S/C12H15N3O2/c1-8-3-2-4-9(7-8)11-14-12(17-15-11)10(16)5-6-13/h2-4,7,10,16H,5-6,13H2,1H3/t10-/m0/s1. The lowest BCUT2D eigenvalue weighted by Gasteiger charge is -2.01. The number of aliphatic hydroxyl groups is 1. The molecule has 1 atom stereocenters. The van der Waals surface area contributed by atoms with Crippen LogP contribution >= 0.6 is 0 Å². The topological polar surface area (TPSA) is 85.2 Å². The van der Waals surface area contributed by atoms with Crippen molar-refractivity contribution in [2.45, 2.75) is 19.4 Å². The van der Waals surface area contributed by atoms with E-state index in [0.29, 0.717) is 18.8 Å². The number of hydrogen-bond acceptors (Lipinski definition) is 5. The highest BCUT2D eigenvalue weighted by Crippen LogP contribution is 2.20. The van der Waals surface area contributed by atoms with Gasteiger partial charge in [0.15, 0.2) is 0 Å². The predicted molar refractivity (Wildman–Crippen MR) is 63.1 cm³/mol. The number of nitrogens with two attached hydrogens (primary N) is 1. The lowest BCUT2D eigenvalue weighted by Crippen LogP contribution is -2.06. The van der Waals surface area contributed by atoms with Crippen molar-refractivity contribution in [1.82, 2.24) is 10.1 Å². The van der Waals surface area contributed by atoms with E-state index in [1.54, 1.807) is 0 Å². The van der Waals surface area contributed by atoms with Gasteiger partial charge in [0, 0.05) is 5.56 Å². The van der Waals surface area contributed by atoms with Crippen molar-refractivity contribution in [3.63, 3.8) is 0 Å². The maximum Gasteiger partial charge on any atom is 0.255 e. The average Bonchev–Trinajstić information content (AvgIpc) is 2.78. The summed E-state index contributed by atoms with van der Waals surface area (Å²) >= 11 is 0. The third kappa shape index (κ3) is 2.69. The average molecular weight is 233 g/mol. The van der Waals surface area contributed by atoms with Gasteiger partial charge in [0.25, 0.3) is 5.89 Å². The smallest absolute Gasteiger partial charge is 0.255 e. The Kier molecular flexibility index (Phi) is 3.51. The molecule has 0 aliphatic heterocycles. The summed E-state index contributed by atoms with van der Waals surface area (Å²) in [6, 6.07) is 7.78. The van der Waals surface area contributed by atoms with Crippen LogP contribution in [0.25, 0.3) is 11.4 Å². The van der Waals surface area contributed by atoms with E-state index in [1.165, 1.54) is 0 Å². The number of aliphatic hydroxyl groups excluding tert-OH is 1. The highest BCUT2D eigenvalue weighted by atomic mass is 16.5. The molecule has 0 fully saturated rings. The molecule has 17 heavy (non-hydrogen) atoms. The van der Waals surface area contributed by atoms with Crippen LogP contribution < -0.4 is 5.73 Å². The molecule has 1 heterocycles. The van der Waals surface area contributed by atoms with Gasteiger partial charge in [-0.1, -0.05) is 28.9 Å². The summed E-state index contributed by atoms with van der Waals surface area (Å²) in [4.78, 5) is 4.16. The van der Waals surface area contributed by atoms with Crippen LogP contribution in [0.15, 0.2) is 28.8 Å². The van der Waals surface area contributed by atoms with E-state index in [4.69, 9.17) is 10.3 Å². The minimum Gasteiger partial charge on any atom is -0.383 e. The molecule has 0 aliphatic carbocycles. The molecule has 0 saturated heterocycles. The second-order valence-electron chi connectivity index (χ2n) is 3.92. The van der Waals surface area contributed by atoms with E-state index in [2.05, 4.69) is 10.1 Å². The van der Waals surface area contributed by atoms with Crippen molar-refractivity contribution >= 4 is 0 Å². The first-order chi connectivity index (χ1) is 8.20. The fourth-order valence-electron chi connectivity index (χ4n) is 1.55. The van der Waals surface area contributed by atoms with Crippen LogP contribution in [0.1, 0.15) is 24.0 Å². The lowest BCUT2D eigenvalue weighted by molar-refractivity contribution is 0.127. The van der Waals surface area contributed by atoms with Gasteiger partial charge in [0.05, 0.1) is 0 Å². The summed E-state index contributed by atoms with van der Waals surface area (Å²) in [5.74, 6) is 0.701. The molecule has 0 amide bonds. The van der Waals surface area contributed by atoms with Crippen molar-refractivity contribution in [3.05, 3.63) is 35.7 Å². The first-order valence-corrected chi connectivity index (χ1v) is 5.49. The molecule has 0 bridgehead atoms. The molecule has 2 aromatic rings. The van der Waals surface area contributed by atoms with Gasteiger partial charge in [-0.2, -0.15) is 4.98 Å². The van der Waals surface area contributed by atoms with Gasteiger partial charge < -0.3 is 15.4 Å². The van der Waals surface area contributed by atoms with Crippen LogP contribution in [0.3, 0.4) is 0 Å². The largest absolute Gasteiger partial charge is 0.383 e. The molecule has 0 spiro atoms. The summed E-state index contributed by atoms with van der Waals surface area (Å²) in [5, 5.41) is 13.5. The lowest BCUT2D eigenvalue weighted by atomic mass is 10.1. The Morgan fingerprint density at radius 2 is 2.29 bits per heavy atom. The van der Waals surface area contributed by atoms with E-state index in [9.17, 15) is 5.11 Å². The number of nitrogens with zero attached hydrogens (tertiary/aromatic N) is 2. The van der Waals surface area contributed by atoms with Gasteiger partial charge in [0.2, 0.25) is 5.82 Å². The Balaban J connectivity index is 2.23. The molecule has 5 heteroatoms. The molecule has 1 aromatic heterocycles. The molecule has 0 saturated carbocycles. The number of rotatable bonds is 4.